The van der Waals surface area contributed by atoms with Crippen molar-refractivity contribution in [2.24, 2.45) is 16.8 Å². The van der Waals surface area contributed by atoms with E-state index in [0.717, 1.165) is 56.7 Å². The lowest BCUT2D eigenvalue weighted by atomic mass is 9.92. The molecule has 1 amide bonds. The predicted octanol–water partition coefficient (Wildman–Crippen LogP) is 2.00. The van der Waals surface area contributed by atoms with Crippen molar-refractivity contribution >= 4 is 11.9 Å². The molecule has 0 aromatic carbocycles. The van der Waals surface area contributed by atoms with E-state index in [1.807, 2.05) is 6.07 Å². The summed E-state index contributed by atoms with van der Waals surface area (Å²) in [5.74, 6) is 3.51. The van der Waals surface area contributed by atoms with Crippen LogP contribution < -0.4 is 5.32 Å². The Labute approximate surface area is 180 Å². The Balaban J connectivity index is 1.43. The number of nitrogens with one attached hydrogen (secondary N) is 1. The molecule has 1 aromatic rings. The summed E-state index contributed by atoms with van der Waals surface area (Å²) in [4.78, 5) is 23.7. The highest BCUT2D eigenvalue weighted by molar-refractivity contribution is 5.80. The third kappa shape index (κ3) is 5.97. The fourth-order valence-corrected chi connectivity index (χ4v) is 4.46. The summed E-state index contributed by atoms with van der Waals surface area (Å²) < 4.78 is 5.41. The number of aromatic nitrogens is 1. The maximum absolute atomic E-state index is 12.8. The number of hydrogen-bond donors (Lipinski definition) is 1. The fourth-order valence-electron chi connectivity index (χ4n) is 4.46. The molecular weight excluding hydrogens is 380 g/mol. The van der Waals surface area contributed by atoms with Crippen LogP contribution in [0.1, 0.15) is 51.5 Å². The van der Waals surface area contributed by atoms with Crippen LogP contribution in [-0.2, 0) is 11.3 Å². The number of piperazine rings is 1. The van der Waals surface area contributed by atoms with Gasteiger partial charge in [0, 0.05) is 52.4 Å². The number of nitrogens with zero attached hydrogens (tertiary/aromatic N) is 5. The number of likely N-dealkylation sites (tertiary alicyclic amines) is 1. The van der Waals surface area contributed by atoms with Gasteiger partial charge >= 0.3 is 0 Å². The van der Waals surface area contributed by atoms with E-state index in [2.05, 4.69) is 57.9 Å². The first kappa shape index (κ1) is 22.6. The largest absolute Gasteiger partial charge is 0.359 e. The number of rotatable bonds is 5. The minimum atomic E-state index is 0.274. The summed E-state index contributed by atoms with van der Waals surface area (Å²) in [7, 11) is 1.80. The standard InChI is InChI=1S/C22H38N6O2/c1-16(2)20-11-19(30-25-20)12-24-22(23-5)27-8-6-26(7-9-27)15-21(29)28-13-17(3)10-18(4)14-28/h11,16-18H,6-10,12-15H2,1-5H3,(H,23,24). The van der Waals surface area contributed by atoms with Crippen LogP contribution in [0.2, 0.25) is 0 Å². The molecular formula is C22H38N6O2. The van der Waals surface area contributed by atoms with Gasteiger partial charge in [0.05, 0.1) is 18.8 Å². The predicted molar refractivity (Wildman–Crippen MR) is 118 cm³/mol. The molecule has 1 N–H and O–H groups in total. The van der Waals surface area contributed by atoms with Crippen LogP contribution in [0, 0.1) is 11.8 Å². The number of aliphatic imine (C=N–C) groups is 1. The van der Waals surface area contributed by atoms with Crippen LogP contribution in [-0.4, -0.2) is 84.6 Å². The smallest absolute Gasteiger partial charge is 0.236 e. The molecule has 0 bridgehead atoms. The number of hydrogen-bond acceptors (Lipinski definition) is 5. The van der Waals surface area contributed by atoms with Crippen molar-refractivity contribution in [1.29, 1.82) is 0 Å². The molecule has 0 radical (unpaired) electrons. The summed E-state index contributed by atoms with van der Waals surface area (Å²) in [6, 6.07) is 2.00. The molecule has 1 aromatic heterocycles. The van der Waals surface area contributed by atoms with Gasteiger partial charge in [0.1, 0.15) is 0 Å². The van der Waals surface area contributed by atoms with Gasteiger partial charge in [-0.1, -0.05) is 32.9 Å². The lowest BCUT2D eigenvalue weighted by Crippen LogP contribution is -2.55. The van der Waals surface area contributed by atoms with Crippen molar-refractivity contribution in [1.82, 2.24) is 25.2 Å². The molecule has 0 aliphatic carbocycles. The van der Waals surface area contributed by atoms with Crippen LogP contribution in [0.4, 0.5) is 0 Å². The van der Waals surface area contributed by atoms with Gasteiger partial charge in [-0.15, -0.1) is 0 Å². The van der Waals surface area contributed by atoms with E-state index in [-0.39, 0.29) is 5.91 Å². The Morgan fingerprint density at radius 2 is 1.87 bits per heavy atom. The molecule has 3 rings (SSSR count). The van der Waals surface area contributed by atoms with E-state index < -0.39 is 0 Å². The first-order valence-corrected chi connectivity index (χ1v) is 11.3. The lowest BCUT2D eigenvalue weighted by molar-refractivity contribution is -0.135. The van der Waals surface area contributed by atoms with Gasteiger partial charge in [-0.05, 0) is 24.2 Å². The number of piperidine rings is 1. The number of amides is 1. The Kier molecular flexibility index (Phi) is 7.75. The highest BCUT2D eigenvalue weighted by Crippen LogP contribution is 2.21. The molecule has 2 unspecified atom stereocenters. The molecule has 2 atom stereocenters. The molecule has 2 aliphatic rings. The fraction of sp³-hybridized carbons (Fsp3) is 0.773. The second-order valence-corrected chi connectivity index (χ2v) is 9.28. The maximum atomic E-state index is 12.8. The Morgan fingerprint density at radius 3 is 2.43 bits per heavy atom. The molecule has 3 heterocycles. The molecule has 0 spiro atoms. The topological polar surface area (TPSA) is 77.2 Å². The van der Waals surface area contributed by atoms with Gasteiger partial charge < -0.3 is 19.6 Å². The summed E-state index contributed by atoms with van der Waals surface area (Å²) in [5, 5.41) is 7.48. The summed E-state index contributed by atoms with van der Waals surface area (Å²) in [6.07, 6.45) is 1.22. The van der Waals surface area contributed by atoms with Crippen molar-refractivity contribution in [3.8, 4) is 0 Å². The van der Waals surface area contributed by atoms with Gasteiger partial charge in [-0.2, -0.15) is 0 Å². The quantitative estimate of drug-likeness (QED) is 0.582. The minimum absolute atomic E-state index is 0.274. The molecule has 2 saturated heterocycles. The van der Waals surface area contributed by atoms with E-state index in [1.54, 1.807) is 7.05 Å². The van der Waals surface area contributed by atoms with Gasteiger partial charge in [-0.3, -0.25) is 14.7 Å². The molecule has 0 saturated carbocycles. The van der Waals surface area contributed by atoms with E-state index in [1.165, 1.54) is 6.42 Å². The zero-order valence-electron chi connectivity index (χ0n) is 19.2. The van der Waals surface area contributed by atoms with Crippen molar-refractivity contribution in [3.63, 3.8) is 0 Å². The highest BCUT2D eigenvalue weighted by atomic mass is 16.5. The first-order valence-electron chi connectivity index (χ1n) is 11.3. The SMILES string of the molecule is CN=C(NCc1cc(C(C)C)no1)N1CCN(CC(=O)N2CC(C)CC(C)C2)CC1. The molecule has 30 heavy (non-hydrogen) atoms. The molecule has 2 aliphatic heterocycles. The van der Waals surface area contributed by atoms with Crippen molar-refractivity contribution < 1.29 is 9.32 Å². The summed E-state index contributed by atoms with van der Waals surface area (Å²) in [6.45, 7) is 15.0. The lowest BCUT2D eigenvalue weighted by Gasteiger charge is -2.39. The first-order chi connectivity index (χ1) is 14.4. The van der Waals surface area contributed by atoms with Gasteiger partial charge in [-0.25, -0.2) is 0 Å². The second kappa shape index (κ2) is 10.3. The monoisotopic (exact) mass is 418 g/mol. The Morgan fingerprint density at radius 1 is 1.20 bits per heavy atom. The third-order valence-electron chi connectivity index (χ3n) is 6.05. The molecule has 8 heteroatoms. The Hall–Kier alpha value is -2.09. The van der Waals surface area contributed by atoms with Gasteiger partial charge in [0.25, 0.3) is 0 Å². The van der Waals surface area contributed by atoms with E-state index in [4.69, 9.17) is 4.52 Å². The molecule has 2 fully saturated rings. The average molecular weight is 419 g/mol. The van der Waals surface area contributed by atoms with E-state index in [9.17, 15) is 4.79 Å². The zero-order chi connectivity index (χ0) is 21.7. The van der Waals surface area contributed by atoms with Gasteiger partial charge in [0.15, 0.2) is 11.7 Å². The van der Waals surface area contributed by atoms with Crippen LogP contribution in [0.25, 0.3) is 0 Å². The van der Waals surface area contributed by atoms with E-state index >= 15 is 0 Å². The van der Waals surface area contributed by atoms with Gasteiger partial charge in [0.2, 0.25) is 5.91 Å². The zero-order valence-corrected chi connectivity index (χ0v) is 19.2. The van der Waals surface area contributed by atoms with Crippen molar-refractivity contribution in [3.05, 3.63) is 17.5 Å². The molecule has 168 valence electrons. The Bertz CT molecular complexity index is 713. The number of guanidine groups is 1. The van der Waals surface area contributed by atoms with Crippen LogP contribution >= 0.6 is 0 Å². The van der Waals surface area contributed by atoms with Crippen LogP contribution in [0.5, 0.6) is 0 Å². The van der Waals surface area contributed by atoms with E-state index in [0.29, 0.717) is 30.8 Å². The second-order valence-electron chi connectivity index (χ2n) is 9.28. The summed E-state index contributed by atoms with van der Waals surface area (Å²) >= 11 is 0. The number of carbonyl (C=O) groups is 1. The normalized spacial score (nSPS) is 23.9. The minimum Gasteiger partial charge on any atom is -0.359 e. The highest BCUT2D eigenvalue weighted by Gasteiger charge is 2.28. The molecule has 8 nitrogen and oxygen atoms in total. The van der Waals surface area contributed by atoms with Crippen LogP contribution in [0.3, 0.4) is 0 Å². The average Bonchev–Trinajstić information content (AvgIpc) is 3.18. The third-order valence-corrected chi connectivity index (χ3v) is 6.05. The maximum Gasteiger partial charge on any atom is 0.236 e. The summed E-state index contributed by atoms with van der Waals surface area (Å²) in [5.41, 5.74) is 0.970. The van der Waals surface area contributed by atoms with Crippen molar-refractivity contribution in [2.45, 2.75) is 46.6 Å². The van der Waals surface area contributed by atoms with Crippen LogP contribution in [0.15, 0.2) is 15.6 Å². The van der Waals surface area contributed by atoms with Crippen molar-refractivity contribution in [2.75, 3.05) is 52.9 Å². The number of carbonyl (C=O) groups excluding carboxylic acids is 1.